The zero-order valence-corrected chi connectivity index (χ0v) is 12.0. The number of halogens is 4. The molecule has 0 N–H and O–H groups in total. The van der Waals surface area contributed by atoms with Crippen molar-refractivity contribution in [1.29, 1.82) is 0 Å². The highest BCUT2D eigenvalue weighted by molar-refractivity contribution is 8.13. The monoisotopic (exact) mass is 334 g/mol. The molecule has 1 aromatic carbocycles. The van der Waals surface area contributed by atoms with Gasteiger partial charge in [-0.3, -0.25) is 0 Å². The number of hydrogen-bond acceptors (Lipinski definition) is 3. The Kier molecular flexibility index (Phi) is 5.41. The van der Waals surface area contributed by atoms with Crippen LogP contribution in [-0.2, 0) is 9.05 Å². The third-order valence-corrected chi connectivity index (χ3v) is 3.93. The van der Waals surface area contributed by atoms with Crippen LogP contribution in [0.25, 0.3) is 0 Å². The van der Waals surface area contributed by atoms with Crippen LogP contribution in [0.3, 0.4) is 0 Å². The molecule has 1 aromatic rings. The lowest BCUT2D eigenvalue weighted by molar-refractivity contribution is 0.363. The lowest BCUT2D eigenvalue weighted by Gasteiger charge is -2.08. The van der Waals surface area contributed by atoms with Crippen LogP contribution >= 0.6 is 45.5 Å². The second-order valence-electron chi connectivity index (χ2n) is 2.82. The van der Waals surface area contributed by atoms with E-state index < -0.39 is 9.05 Å². The quantitative estimate of drug-likeness (QED) is 0.779. The minimum absolute atomic E-state index is 0.0609. The minimum atomic E-state index is -3.93. The van der Waals surface area contributed by atoms with Crippen molar-refractivity contribution in [2.24, 2.45) is 0 Å². The molecule has 0 bridgehead atoms. The Bertz CT molecular complexity index is 539. The molecule has 0 atom stereocenters. The Hall–Kier alpha value is -0.130. The fraction of sp³-hybridized carbons (Fsp3) is 0.111. The van der Waals surface area contributed by atoms with Crippen LogP contribution in [0, 0.1) is 0 Å². The second-order valence-corrected chi connectivity index (χ2v) is 6.42. The number of ether oxygens (including phenoxy) is 1. The Balaban J connectivity index is 3.10. The summed E-state index contributed by atoms with van der Waals surface area (Å²) in [6.45, 7) is 0.187. The molecule has 0 amide bonds. The van der Waals surface area contributed by atoms with E-state index in [1.807, 2.05) is 0 Å². The summed E-state index contributed by atoms with van der Waals surface area (Å²) in [6, 6.07) is 2.41. The molecular weight excluding hydrogens is 330 g/mol. The van der Waals surface area contributed by atoms with Crippen molar-refractivity contribution in [3.63, 3.8) is 0 Å². The van der Waals surface area contributed by atoms with Crippen molar-refractivity contribution in [2.45, 2.75) is 4.90 Å². The van der Waals surface area contributed by atoms with Gasteiger partial charge >= 0.3 is 0 Å². The van der Waals surface area contributed by atoms with Gasteiger partial charge in [0.2, 0.25) is 0 Å². The van der Waals surface area contributed by atoms with Crippen molar-refractivity contribution in [3.05, 3.63) is 33.8 Å². The lowest BCUT2D eigenvalue weighted by atomic mass is 10.3. The normalized spacial score (nSPS) is 12.0. The van der Waals surface area contributed by atoms with Gasteiger partial charge in [0, 0.05) is 22.3 Å². The van der Waals surface area contributed by atoms with Gasteiger partial charge in [-0.15, -0.1) is 0 Å². The van der Waals surface area contributed by atoms with Crippen LogP contribution in [0.2, 0.25) is 10.0 Å². The first kappa shape index (κ1) is 14.9. The summed E-state index contributed by atoms with van der Waals surface area (Å²) in [7, 11) is 1.24. The predicted octanol–water partition coefficient (Wildman–Crippen LogP) is 4.05. The van der Waals surface area contributed by atoms with Crippen LogP contribution in [0.5, 0.6) is 5.75 Å². The molecule has 0 aliphatic rings. The predicted molar refractivity (Wildman–Crippen MR) is 70.0 cm³/mol. The van der Waals surface area contributed by atoms with Crippen molar-refractivity contribution in [2.75, 3.05) is 6.61 Å². The van der Waals surface area contributed by atoms with Crippen LogP contribution in [0.1, 0.15) is 0 Å². The first-order valence-corrected chi connectivity index (χ1v) is 7.68. The van der Waals surface area contributed by atoms with E-state index in [2.05, 4.69) is 0 Å². The molecule has 94 valence electrons. The Labute approximate surface area is 118 Å². The maximum absolute atomic E-state index is 11.1. The molecule has 0 unspecified atom stereocenters. The fourth-order valence-electron chi connectivity index (χ4n) is 0.982. The highest BCUT2D eigenvalue weighted by Crippen LogP contribution is 2.34. The second kappa shape index (κ2) is 6.16. The topological polar surface area (TPSA) is 43.4 Å². The van der Waals surface area contributed by atoms with Crippen molar-refractivity contribution in [1.82, 2.24) is 0 Å². The van der Waals surface area contributed by atoms with Crippen LogP contribution < -0.4 is 4.74 Å². The summed E-state index contributed by atoms with van der Waals surface area (Å²) < 4.78 is 27.5. The molecule has 3 nitrogen and oxygen atoms in total. The molecule has 0 spiro atoms. The maximum Gasteiger partial charge on any atom is 0.262 e. The van der Waals surface area contributed by atoms with Crippen molar-refractivity contribution < 1.29 is 13.2 Å². The van der Waals surface area contributed by atoms with Gasteiger partial charge in [0.25, 0.3) is 9.05 Å². The maximum atomic E-state index is 11.1. The first-order chi connectivity index (χ1) is 7.86. The average Bonchev–Trinajstić information content (AvgIpc) is 2.21. The molecule has 0 heterocycles. The standard InChI is InChI=1S/C9H6Cl4O3S/c10-2-1-3-16-8-4-7(12)9(5-6(8)11)17(13,14)15/h1-2,4-5H,3H2/b2-1+. The van der Waals surface area contributed by atoms with Gasteiger partial charge < -0.3 is 4.74 Å². The molecule has 0 fully saturated rings. The highest BCUT2D eigenvalue weighted by atomic mass is 35.7. The smallest absolute Gasteiger partial charge is 0.262 e. The van der Waals surface area contributed by atoms with Gasteiger partial charge in [-0.05, 0) is 12.1 Å². The minimum Gasteiger partial charge on any atom is -0.488 e. The third-order valence-electron chi connectivity index (χ3n) is 1.67. The summed E-state index contributed by atoms with van der Waals surface area (Å²) in [5, 5.41) is 0.0332. The number of benzene rings is 1. The molecule has 0 aliphatic carbocycles. The molecule has 0 saturated heterocycles. The summed E-state index contributed by atoms with van der Waals surface area (Å²) >= 11 is 16.9. The Morgan fingerprint density at radius 3 is 2.41 bits per heavy atom. The molecule has 1 rings (SSSR count). The van der Waals surface area contributed by atoms with Crippen LogP contribution in [-0.4, -0.2) is 15.0 Å². The molecule has 8 heteroatoms. The molecular formula is C9H6Cl4O3S. The summed E-state index contributed by atoms with van der Waals surface area (Å²) in [4.78, 5) is -0.258. The first-order valence-electron chi connectivity index (χ1n) is 4.18. The van der Waals surface area contributed by atoms with Gasteiger partial charge in [0.1, 0.15) is 17.3 Å². The largest absolute Gasteiger partial charge is 0.488 e. The van der Waals surface area contributed by atoms with Crippen LogP contribution in [0.15, 0.2) is 28.6 Å². The zero-order valence-electron chi connectivity index (χ0n) is 8.16. The highest BCUT2D eigenvalue weighted by Gasteiger charge is 2.18. The van der Waals surface area contributed by atoms with E-state index in [-0.39, 0.29) is 27.3 Å². The lowest BCUT2D eigenvalue weighted by Crippen LogP contribution is -1.97. The van der Waals surface area contributed by atoms with Gasteiger partial charge in [-0.1, -0.05) is 34.8 Å². The molecule has 17 heavy (non-hydrogen) atoms. The summed E-state index contributed by atoms with van der Waals surface area (Å²) in [5.41, 5.74) is 1.28. The van der Waals surface area contributed by atoms with E-state index in [4.69, 9.17) is 50.2 Å². The van der Waals surface area contributed by atoms with Crippen molar-refractivity contribution in [3.8, 4) is 5.75 Å². The summed E-state index contributed by atoms with van der Waals surface area (Å²) in [6.07, 6.45) is 1.54. The molecule has 0 saturated carbocycles. The Morgan fingerprint density at radius 1 is 1.24 bits per heavy atom. The van der Waals surface area contributed by atoms with E-state index in [1.165, 1.54) is 17.7 Å². The summed E-state index contributed by atoms with van der Waals surface area (Å²) in [5.74, 6) is 0.246. The van der Waals surface area contributed by atoms with Gasteiger partial charge in [0.05, 0.1) is 10.0 Å². The van der Waals surface area contributed by atoms with E-state index in [9.17, 15) is 8.42 Å². The zero-order chi connectivity index (χ0) is 13.1. The van der Waals surface area contributed by atoms with Gasteiger partial charge in [-0.2, -0.15) is 0 Å². The number of hydrogen-bond donors (Lipinski definition) is 0. The fourth-order valence-corrected chi connectivity index (χ4v) is 2.85. The Morgan fingerprint density at radius 2 is 1.88 bits per heavy atom. The van der Waals surface area contributed by atoms with Gasteiger partial charge in [-0.25, -0.2) is 8.42 Å². The SMILES string of the molecule is O=S(=O)(Cl)c1cc(Cl)c(OC/C=C/Cl)cc1Cl. The molecule has 0 aromatic heterocycles. The van der Waals surface area contributed by atoms with E-state index >= 15 is 0 Å². The van der Waals surface area contributed by atoms with E-state index in [0.717, 1.165) is 6.07 Å². The third kappa shape index (κ3) is 4.23. The van der Waals surface area contributed by atoms with E-state index in [0.29, 0.717) is 0 Å². The molecule has 0 radical (unpaired) electrons. The van der Waals surface area contributed by atoms with Gasteiger partial charge in [0.15, 0.2) is 0 Å². The van der Waals surface area contributed by atoms with Crippen molar-refractivity contribution >= 4 is 54.5 Å². The number of rotatable bonds is 4. The molecule has 0 aliphatic heterocycles. The van der Waals surface area contributed by atoms with E-state index in [1.54, 1.807) is 0 Å². The van der Waals surface area contributed by atoms with Crippen LogP contribution in [0.4, 0.5) is 0 Å². The average molecular weight is 336 g/mol.